The lowest BCUT2D eigenvalue weighted by Gasteiger charge is -2.31. The minimum absolute atomic E-state index is 0.291. The van der Waals surface area contributed by atoms with E-state index in [1.54, 1.807) is 0 Å². The Labute approximate surface area is 133 Å². The molecule has 20 heavy (non-hydrogen) atoms. The monoisotopic (exact) mass is 340 g/mol. The predicted molar refractivity (Wildman–Crippen MR) is 92.0 cm³/mol. The van der Waals surface area contributed by atoms with E-state index in [1.807, 2.05) is 0 Å². The molecule has 0 bridgehead atoms. The van der Waals surface area contributed by atoms with Crippen molar-refractivity contribution in [3.05, 3.63) is 34.3 Å². The number of benzene rings is 1. The zero-order valence-corrected chi connectivity index (χ0v) is 15.1. The zero-order chi connectivity index (χ0) is 15.2. The van der Waals surface area contributed by atoms with Crippen molar-refractivity contribution in [2.75, 3.05) is 26.7 Å². The molecule has 0 aliphatic carbocycles. The van der Waals surface area contributed by atoms with Crippen molar-refractivity contribution in [1.82, 2.24) is 10.2 Å². The first kappa shape index (κ1) is 17.7. The Bertz CT molecular complexity index is 384. The number of halogens is 1. The van der Waals surface area contributed by atoms with Gasteiger partial charge in [0.25, 0.3) is 0 Å². The van der Waals surface area contributed by atoms with E-state index in [-0.39, 0.29) is 0 Å². The molecule has 0 heterocycles. The number of hydrogen-bond acceptors (Lipinski definition) is 2. The molecule has 0 saturated heterocycles. The van der Waals surface area contributed by atoms with E-state index in [0.717, 1.165) is 30.7 Å². The normalized spacial score (nSPS) is 12.4. The second kappa shape index (κ2) is 8.16. The Balaban J connectivity index is 2.39. The highest BCUT2D eigenvalue weighted by molar-refractivity contribution is 9.10. The van der Waals surface area contributed by atoms with Crippen molar-refractivity contribution in [3.8, 4) is 0 Å². The van der Waals surface area contributed by atoms with Gasteiger partial charge in [-0.3, -0.25) is 0 Å². The van der Waals surface area contributed by atoms with Crippen molar-refractivity contribution in [2.45, 2.75) is 34.2 Å². The first-order chi connectivity index (χ1) is 9.28. The summed E-state index contributed by atoms with van der Waals surface area (Å²) >= 11 is 3.48. The molecule has 0 aliphatic rings. The van der Waals surface area contributed by atoms with Crippen LogP contribution in [-0.2, 0) is 6.54 Å². The third-order valence-electron chi connectivity index (χ3n) is 3.22. The maximum Gasteiger partial charge on any atom is 0.0230 e. The first-order valence-corrected chi connectivity index (χ1v) is 8.21. The first-order valence-electron chi connectivity index (χ1n) is 7.42. The van der Waals surface area contributed by atoms with Crippen LogP contribution in [0.15, 0.2) is 28.7 Å². The van der Waals surface area contributed by atoms with Crippen LogP contribution in [0.4, 0.5) is 0 Å². The quantitative estimate of drug-likeness (QED) is 0.764. The Morgan fingerprint density at radius 1 is 1.20 bits per heavy atom. The lowest BCUT2D eigenvalue weighted by Crippen LogP contribution is -2.39. The average molecular weight is 341 g/mol. The van der Waals surface area contributed by atoms with E-state index in [4.69, 9.17) is 0 Å². The minimum Gasteiger partial charge on any atom is -0.316 e. The molecule has 2 nitrogen and oxygen atoms in total. The molecular weight excluding hydrogens is 312 g/mol. The molecular formula is C17H29BrN2. The summed E-state index contributed by atoms with van der Waals surface area (Å²) in [4.78, 5) is 2.40. The molecule has 1 N–H and O–H groups in total. The van der Waals surface area contributed by atoms with Gasteiger partial charge in [-0.15, -0.1) is 0 Å². The Hall–Kier alpha value is -0.380. The van der Waals surface area contributed by atoms with Crippen LogP contribution in [0, 0.1) is 11.3 Å². The van der Waals surface area contributed by atoms with Gasteiger partial charge >= 0.3 is 0 Å². The standard InChI is InChI=1S/C17H29BrN2/c1-14(2)10-19-12-17(3,4)13-20(5)11-15-6-8-16(18)9-7-15/h6-9,14,19H,10-13H2,1-5H3. The fourth-order valence-electron chi connectivity index (χ4n) is 2.44. The number of hydrogen-bond donors (Lipinski definition) is 1. The third-order valence-corrected chi connectivity index (χ3v) is 3.75. The molecule has 0 spiro atoms. The van der Waals surface area contributed by atoms with Crippen LogP contribution in [0.2, 0.25) is 0 Å². The maximum atomic E-state index is 3.57. The number of rotatable bonds is 8. The van der Waals surface area contributed by atoms with Crippen LogP contribution >= 0.6 is 15.9 Å². The van der Waals surface area contributed by atoms with Crippen molar-refractivity contribution < 1.29 is 0 Å². The highest BCUT2D eigenvalue weighted by atomic mass is 79.9. The molecule has 0 aromatic heterocycles. The molecule has 114 valence electrons. The topological polar surface area (TPSA) is 15.3 Å². The summed E-state index contributed by atoms with van der Waals surface area (Å²) < 4.78 is 1.14. The molecule has 0 aliphatic heterocycles. The second-order valence-electron chi connectivity index (χ2n) is 6.99. The minimum atomic E-state index is 0.291. The van der Waals surface area contributed by atoms with E-state index in [2.05, 4.69) is 85.2 Å². The Morgan fingerprint density at radius 3 is 2.35 bits per heavy atom. The third kappa shape index (κ3) is 7.41. The number of nitrogens with one attached hydrogen (secondary N) is 1. The van der Waals surface area contributed by atoms with Gasteiger partial charge in [0.05, 0.1) is 0 Å². The largest absolute Gasteiger partial charge is 0.316 e. The van der Waals surface area contributed by atoms with Crippen molar-refractivity contribution >= 4 is 15.9 Å². The van der Waals surface area contributed by atoms with Crippen LogP contribution in [0.1, 0.15) is 33.3 Å². The van der Waals surface area contributed by atoms with Crippen molar-refractivity contribution in [1.29, 1.82) is 0 Å². The van der Waals surface area contributed by atoms with Crippen LogP contribution in [0.25, 0.3) is 0 Å². The molecule has 1 rings (SSSR count). The molecule has 1 aromatic carbocycles. The van der Waals surface area contributed by atoms with Gasteiger partial charge in [-0.2, -0.15) is 0 Å². The van der Waals surface area contributed by atoms with Crippen molar-refractivity contribution in [2.24, 2.45) is 11.3 Å². The number of nitrogens with zero attached hydrogens (tertiary/aromatic N) is 1. The summed E-state index contributed by atoms with van der Waals surface area (Å²) in [6.45, 7) is 13.4. The predicted octanol–water partition coefficient (Wildman–Crippen LogP) is 4.15. The SMILES string of the molecule is CC(C)CNCC(C)(C)CN(C)Cc1ccc(Br)cc1. The Kier molecular flexibility index (Phi) is 7.21. The average Bonchev–Trinajstić information content (AvgIpc) is 2.30. The molecule has 0 saturated carbocycles. The van der Waals surface area contributed by atoms with Gasteiger partial charge in [0.15, 0.2) is 0 Å². The molecule has 0 amide bonds. The lowest BCUT2D eigenvalue weighted by atomic mass is 9.92. The van der Waals surface area contributed by atoms with E-state index >= 15 is 0 Å². The summed E-state index contributed by atoms with van der Waals surface area (Å²) in [5, 5.41) is 3.57. The van der Waals surface area contributed by atoms with Gasteiger partial charge in [0, 0.05) is 24.1 Å². The van der Waals surface area contributed by atoms with Gasteiger partial charge in [-0.1, -0.05) is 55.8 Å². The van der Waals surface area contributed by atoms with Gasteiger partial charge in [-0.05, 0) is 42.6 Å². The molecule has 3 heteroatoms. The van der Waals surface area contributed by atoms with Gasteiger partial charge < -0.3 is 10.2 Å². The highest BCUT2D eigenvalue weighted by Crippen LogP contribution is 2.17. The van der Waals surface area contributed by atoms with Crippen LogP contribution in [0.5, 0.6) is 0 Å². The summed E-state index contributed by atoms with van der Waals surface area (Å²) in [5.74, 6) is 0.714. The van der Waals surface area contributed by atoms with E-state index < -0.39 is 0 Å². The van der Waals surface area contributed by atoms with E-state index in [1.165, 1.54) is 5.56 Å². The fraction of sp³-hybridized carbons (Fsp3) is 0.647. The van der Waals surface area contributed by atoms with Crippen LogP contribution in [0.3, 0.4) is 0 Å². The molecule has 0 unspecified atom stereocenters. The van der Waals surface area contributed by atoms with Crippen molar-refractivity contribution in [3.63, 3.8) is 0 Å². The van der Waals surface area contributed by atoms with E-state index in [0.29, 0.717) is 11.3 Å². The lowest BCUT2D eigenvalue weighted by molar-refractivity contribution is 0.197. The molecule has 0 radical (unpaired) electrons. The Morgan fingerprint density at radius 2 is 1.80 bits per heavy atom. The van der Waals surface area contributed by atoms with Crippen LogP contribution in [-0.4, -0.2) is 31.6 Å². The van der Waals surface area contributed by atoms with E-state index in [9.17, 15) is 0 Å². The highest BCUT2D eigenvalue weighted by Gasteiger charge is 2.19. The van der Waals surface area contributed by atoms with Gasteiger partial charge in [0.1, 0.15) is 0 Å². The summed E-state index contributed by atoms with van der Waals surface area (Å²) in [6, 6.07) is 8.59. The fourth-order valence-corrected chi connectivity index (χ4v) is 2.71. The summed E-state index contributed by atoms with van der Waals surface area (Å²) in [7, 11) is 2.20. The summed E-state index contributed by atoms with van der Waals surface area (Å²) in [6.07, 6.45) is 0. The molecule has 0 fully saturated rings. The molecule has 0 atom stereocenters. The molecule has 1 aromatic rings. The zero-order valence-electron chi connectivity index (χ0n) is 13.5. The van der Waals surface area contributed by atoms with Crippen LogP contribution < -0.4 is 5.32 Å². The smallest absolute Gasteiger partial charge is 0.0230 e. The summed E-state index contributed by atoms with van der Waals surface area (Å²) in [5.41, 5.74) is 1.65. The van der Waals surface area contributed by atoms with Gasteiger partial charge in [0.2, 0.25) is 0 Å². The second-order valence-corrected chi connectivity index (χ2v) is 7.90. The maximum absolute atomic E-state index is 3.57. The van der Waals surface area contributed by atoms with Gasteiger partial charge in [-0.25, -0.2) is 0 Å².